The van der Waals surface area contributed by atoms with E-state index in [1.807, 2.05) is 6.07 Å². The van der Waals surface area contributed by atoms with E-state index in [1.165, 1.54) is 11.0 Å². The van der Waals surface area contributed by atoms with Gasteiger partial charge in [0.15, 0.2) is 23.1 Å². The number of halogens is 2. The van der Waals surface area contributed by atoms with Crippen LogP contribution in [0.2, 0.25) is 0 Å². The van der Waals surface area contributed by atoms with Crippen LogP contribution < -0.4 is 24.4 Å². The van der Waals surface area contributed by atoms with Crippen LogP contribution in [-0.4, -0.2) is 97.2 Å². The normalized spacial score (nSPS) is 18.0. The van der Waals surface area contributed by atoms with Gasteiger partial charge in [0.05, 0.1) is 39.9 Å². The summed E-state index contributed by atoms with van der Waals surface area (Å²) < 4.78 is 44.9. The lowest BCUT2D eigenvalue weighted by atomic mass is 9.97. The average molecular weight is 692 g/mol. The summed E-state index contributed by atoms with van der Waals surface area (Å²) in [6.07, 6.45) is 6.59. The van der Waals surface area contributed by atoms with Gasteiger partial charge in [0.1, 0.15) is 11.6 Å². The van der Waals surface area contributed by atoms with Crippen molar-refractivity contribution >= 4 is 28.5 Å². The molecule has 14 heteroatoms. The Morgan fingerprint density at radius 3 is 2.52 bits per heavy atom. The second-order valence-electron chi connectivity index (χ2n) is 12.8. The number of H-pyrrole nitrogens is 1. The molecule has 1 atom stereocenters. The van der Waals surface area contributed by atoms with Gasteiger partial charge < -0.3 is 34.3 Å². The van der Waals surface area contributed by atoms with E-state index in [4.69, 9.17) is 19.2 Å². The first-order valence-electron chi connectivity index (χ1n) is 16.9. The van der Waals surface area contributed by atoms with Crippen LogP contribution >= 0.6 is 0 Å². The van der Waals surface area contributed by atoms with E-state index < -0.39 is 17.5 Å². The third kappa shape index (κ3) is 7.75. The first-order chi connectivity index (χ1) is 24.3. The number of anilines is 1. The number of aromatic nitrogens is 3. The van der Waals surface area contributed by atoms with Gasteiger partial charge in [0, 0.05) is 67.7 Å². The average Bonchev–Trinajstić information content (AvgIpc) is 3.64. The molecule has 0 saturated carbocycles. The summed E-state index contributed by atoms with van der Waals surface area (Å²) in [5.74, 6) is 0.384. The molecule has 4 heterocycles. The summed E-state index contributed by atoms with van der Waals surface area (Å²) in [6, 6.07) is 7.04. The molecule has 4 aromatic rings. The molecule has 2 aliphatic heterocycles. The van der Waals surface area contributed by atoms with Crippen molar-refractivity contribution in [1.82, 2.24) is 30.1 Å². The largest absolute Gasteiger partial charge is 0.493 e. The fraction of sp³-hybridized carbons (Fsp3) is 0.444. The van der Waals surface area contributed by atoms with E-state index in [0.717, 1.165) is 54.1 Å². The van der Waals surface area contributed by atoms with Crippen molar-refractivity contribution in [1.29, 1.82) is 0 Å². The summed E-state index contributed by atoms with van der Waals surface area (Å²) in [7, 11) is 4.76. The molecule has 2 aromatic carbocycles. The smallest absolute Gasteiger partial charge is 0.254 e. The van der Waals surface area contributed by atoms with Crippen LogP contribution in [0, 0.1) is 17.6 Å². The zero-order valence-electron chi connectivity index (χ0n) is 28.6. The van der Waals surface area contributed by atoms with Gasteiger partial charge in [-0.3, -0.25) is 14.5 Å². The lowest BCUT2D eigenvalue weighted by molar-refractivity contribution is -0.122. The number of rotatable bonds is 6. The molecule has 0 spiro atoms. The lowest BCUT2D eigenvalue weighted by Gasteiger charge is -2.36. The third-order valence-corrected chi connectivity index (χ3v) is 9.35. The Kier molecular flexibility index (Phi) is 11.0. The second-order valence-corrected chi connectivity index (χ2v) is 12.8. The molecule has 2 aliphatic rings. The Hall–Kier alpha value is -4.98. The summed E-state index contributed by atoms with van der Waals surface area (Å²) in [4.78, 5) is 45.6. The van der Waals surface area contributed by atoms with Crippen molar-refractivity contribution in [3.63, 3.8) is 0 Å². The Labute approximate surface area is 289 Å². The van der Waals surface area contributed by atoms with Crippen molar-refractivity contribution in [2.75, 3.05) is 65.5 Å². The van der Waals surface area contributed by atoms with Gasteiger partial charge in [-0.15, -0.1) is 0 Å². The van der Waals surface area contributed by atoms with Crippen LogP contribution in [0.1, 0.15) is 47.4 Å². The number of fused-ring (bicyclic) bond motifs is 5. The second kappa shape index (κ2) is 15.7. The molecule has 1 fully saturated rings. The van der Waals surface area contributed by atoms with Gasteiger partial charge in [0.25, 0.3) is 5.91 Å². The molecule has 12 nitrogen and oxygen atoms in total. The molecule has 2 aromatic heterocycles. The highest BCUT2D eigenvalue weighted by atomic mass is 19.2. The van der Waals surface area contributed by atoms with Crippen molar-refractivity contribution < 1.29 is 32.6 Å². The number of hydrogen-bond acceptors (Lipinski definition) is 9. The molecule has 2 bridgehead atoms. The number of amides is 2. The monoisotopic (exact) mass is 691 g/mol. The van der Waals surface area contributed by atoms with E-state index >= 15 is 0 Å². The topological polar surface area (TPSA) is 125 Å². The number of nitrogens with one attached hydrogen (secondary N) is 2. The number of carbonyl (C=O) groups is 2. The SMILES string of the molecule is COc1cc2nc3c(cc2c(OC)c1OC)CN(Cc1ncc[nH]1)CCCCN(C(=O)c1ccc(F)c(F)c1)CC(=O)NCC1CCCN3C1. The number of hydrogen-bond donors (Lipinski definition) is 2. The highest BCUT2D eigenvalue weighted by Gasteiger charge is 2.28. The number of benzene rings is 2. The molecule has 1 unspecified atom stereocenters. The number of methoxy groups -OCH3 is 3. The van der Waals surface area contributed by atoms with E-state index in [0.29, 0.717) is 68.3 Å². The number of pyridine rings is 1. The Bertz CT molecular complexity index is 1820. The molecular weight excluding hydrogens is 648 g/mol. The minimum atomic E-state index is -1.11. The quantitative estimate of drug-likeness (QED) is 0.300. The molecule has 50 heavy (non-hydrogen) atoms. The van der Waals surface area contributed by atoms with Gasteiger partial charge in [-0.2, -0.15) is 0 Å². The third-order valence-electron chi connectivity index (χ3n) is 9.35. The number of carbonyl (C=O) groups excluding carboxylic acids is 2. The summed E-state index contributed by atoms with van der Waals surface area (Å²) >= 11 is 0. The molecule has 2 N–H and O–H groups in total. The van der Waals surface area contributed by atoms with E-state index in [9.17, 15) is 18.4 Å². The van der Waals surface area contributed by atoms with Crippen LogP contribution in [0.3, 0.4) is 0 Å². The molecule has 0 aliphatic carbocycles. The molecule has 2 amide bonds. The van der Waals surface area contributed by atoms with Crippen molar-refractivity contribution in [3.8, 4) is 17.2 Å². The van der Waals surface area contributed by atoms with E-state index in [2.05, 4.69) is 31.2 Å². The Balaban J connectivity index is 1.36. The summed E-state index contributed by atoms with van der Waals surface area (Å²) in [6.45, 7) is 3.70. The van der Waals surface area contributed by atoms with Crippen LogP contribution in [-0.2, 0) is 17.9 Å². The summed E-state index contributed by atoms with van der Waals surface area (Å²) in [5.41, 5.74) is 1.71. The van der Waals surface area contributed by atoms with Crippen LogP contribution in [0.4, 0.5) is 14.6 Å². The van der Waals surface area contributed by atoms with Crippen LogP contribution in [0.25, 0.3) is 10.9 Å². The van der Waals surface area contributed by atoms with Gasteiger partial charge in [-0.05, 0) is 62.4 Å². The number of ether oxygens (including phenoxy) is 3. The number of piperidine rings is 1. The standard InChI is InChI=1S/C36H43F2N7O5/c1-48-30-17-29-26(33(49-2)34(30)50-3)15-25-20-43(21-31-39-10-11-40-31)12-4-5-13-45(36(47)24-8-9-27(37)28(38)16-24)22-32(46)41-18-23-7-6-14-44(19-23)35(25)42-29/h8-11,15-17,23H,4-7,12-14,18-22H2,1-3H3,(H,39,40)(H,41,46). The predicted molar refractivity (Wildman–Crippen MR) is 184 cm³/mol. The Morgan fingerprint density at radius 2 is 1.78 bits per heavy atom. The maximum Gasteiger partial charge on any atom is 0.254 e. The van der Waals surface area contributed by atoms with Gasteiger partial charge >= 0.3 is 0 Å². The minimum absolute atomic E-state index is 0.00511. The highest BCUT2D eigenvalue weighted by molar-refractivity contribution is 5.96. The maximum absolute atomic E-state index is 14.1. The van der Waals surface area contributed by atoms with Crippen LogP contribution in [0.15, 0.2) is 42.7 Å². The number of nitrogens with zero attached hydrogens (tertiary/aromatic N) is 5. The van der Waals surface area contributed by atoms with Crippen molar-refractivity contribution in [2.24, 2.45) is 5.92 Å². The number of aromatic amines is 1. The van der Waals surface area contributed by atoms with Gasteiger partial charge in [-0.1, -0.05) is 0 Å². The van der Waals surface area contributed by atoms with E-state index in [1.54, 1.807) is 33.7 Å². The fourth-order valence-corrected chi connectivity index (χ4v) is 6.88. The first kappa shape index (κ1) is 34.9. The minimum Gasteiger partial charge on any atom is -0.493 e. The summed E-state index contributed by atoms with van der Waals surface area (Å²) in [5, 5.41) is 3.82. The fourth-order valence-electron chi connectivity index (χ4n) is 6.88. The molecule has 1 saturated heterocycles. The first-order valence-corrected chi connectivity index (χ1v) is 16.9. The zero-order valence-corrected chi connectivity index (χ0v) is 28.6. The zero-order chi connectivity index (χ0) is 35.2. The molecule has 266 valence electrons. The van der Waals surface area contributed by atoms with Crippen molar-refractivity contribution in [2.45, 2.75) is 38.8 Å². The van der Waals surface area contributed by atoms with Gasteiger partial charge in [-0.25, -0.2) is 18.7 Å². The lowest BCUT2D eigenvalue weighted by Crippen LogP contribution is -2.45. The predicted octanol–water partition coefficient (Wildman–Crippen LogP) is 4.53. The molecule has 0 radical (unpaired) electrons. The van der Waals surface area contributed by atoms with E-state index in [-0.39, 0.29) is 30.5 Å². The van der Waals surface area contributed by atoms with Crippen molar-refractivity contribution in [3.05, 3.63) is 71.3 Å². The van der Waals surface area contributed by atoms with Crippen LogP contribution in [0.5, 0.6) is 17.2 Å². The Morgan fingerprint density at radius 1 is 0.960 bits per heavy atom. The molecule has 6 rings (SSSR count). The highest BCUT2D eigenvalue weighted by Crippen LogP contribution is 2.44. The maximum atomic E-state index is 14.1. The number of imidazole rings is 1. The molecular formula is C36H43F2N7O5. The van der Waals surface area contributed by atoms with Gasteiger partial charge in [0.2, 0.25) is 11.7 Å².